The van der Waals surface area contributed by atoms with E-state index in [1.54, 1.807) is 24.3 Å². The summed E-state index contributed by atoms with van der Waals surface area (Å²) in [6.45, 7) is 1.04. The molecule has 0 bridgehead atoms. The highest BCUT2D eigenvalue weighted by Crippen LogP contribution is 2.27. The Bertz CT molecular complexity index is 1340. The Hall–Kier alpha value is -2.51. The monoisotopic (exact) mass is 579 g/mol. The third-order valence-corrected chi connectivity index (χ3v) is 9.73. The Labute approximate surface area is 229 Å². The van der Waals surface area contributed by atoms with E-state index < -0.39 is 15.9 Å². The first-order chi connectivity index (χ1) is 17.8. The number of carbonyl (C=O) groups excluding carboxylic acids is 2. The van der Waals surface area contributed by atoms with Crippen molar-refractivity contribution in [3.05, 3.63) is 59.1 Å². The second-order valence-electron chi connectivity index (χ2n) is 8.33. The minimum absolute atomic E-state index is 0.144. The average molecular weight is 580 g/mol. The molecule has 37 heavy (non-hydrogen) atoms. The summed E-state index contributed by atoms with van der Waals surface area (Å²) in [6.07, 6.45) is 4.06. The van der Waals surface area contributed by atoms with Gasteiger partial charge in [0.1, 0.15) is 0 Å². The van der Waals surface area contributed by atoms with E-state index >= 15 is 0 Å². The minimum Gasteiger partial charge on any atom is -0.326 e. The molecule has 2 N–H and O–H groups in total. The largest absolute Gasteiger partial charge is 0.326 e. The number of sulfonamides is 1. The van der Waals surface area contributed by atoms with Gasteiger partial charge in [0.25, 0.3) is 5.91 Å². The molecule has 196 valence electrons. The molecule has 0 spiro atoms. The second-order valence-corrected chi connectivity index (χ2v) is 13.0. The summed E-state index contributed by atoms with van der Waals surface area (Å²) in [6, 6.07) is 12.8. The molecule has 2 heterocycles. The fourth-order valence-corrected chi connectivity index (χ4v) is 7.18. The van der Waals surface area contributed by atoms with Gasteiger partial charge in [0.15, 0.2) is 4.34 Å². The van der Waals surface area contributed by atoms with E-state index in [0.29, 0.717) is 44.6 Å². The Kier molecular flexibility index (Phi) is 9.54. The predicted molar refractivity (Wildman–Crippen MR) is 147 cm³/mol. The SMILES string of the molecule is O=C(CCSc1nnc(NC(=O)c2ccc(S(=O)(=O)N3CCCCCC3)cc2)s1)Nc1cccc(Cl)c1. The highest BCUT2D eigenvalue weighted by atomic mass is 35.5. The molecule has 0 unspecified atom stereocenters. The third-order valence-electron chi connectivity index (χ3n) is 5.61. The number of benzene rings is 2. The number of nitrogens with zero attached hydrogens (tertiary/aromatic N) is 3. The van der Waals surface area contributed by atoms with Crippen molar-refractivity contribution in [3.8, 4) is 0 Å². The highest BCUT2D eigenvalue weighted by Gasteiger charge is 2.25. The van der Waals surface area contributed by atoms with Crippen molar-refractivity contribution in [2.24, 2.45) is 0 Å². The molecule has 3 aromatic rings. The van der Waals surface area contributed by atoms with Gasteiger partial charge in [-0.25, -0.2) is 8.42 Å². The fourth-order valence-electron chi connectivity index (χ4n) is 3.72. The molecular formula is C24H26ClN5O4S3. The number of rotatable bonds is 9. The van der Waals surface area contributed by atoms with Crippen LogP contribution in [-0.4, -0.2) is 53.6 Å². The first-order valence-corrected chi connectivity index (χ1v) is 15.4. The van der Waals surface area contributed by atoms with E-state index in [4.69, 9.17) is 11.6 Å². The van der Waals surface area contributed by atoms with Gasteiger partial charge in [0.2, 0.25) is 21.1 Å². The van der Waals surface area contributed by atoms with Gasteiger partial charge in [-0.2, -0.15) is 4.31 Å². The molecule has 1 saturated heterocycles. The van der Waals surface area contributed by atoms with Crippen molar-refractivity contribution in [2.45, 2.75) is 41.3 Å². The van der Waals surface area contributed by atoms with E-state index in [1.165, 1.54) is 51.7 Å². The summed E-state index contributed by atoms with van der Waals surface area (Å²) >= 11 is 8.48. The van der Waals surface area contributed by atoms with Crippen LogP contribution < -0.4 is 10.6 Å². The lowest BCUT2D eigenvalue weighted by atomic mass is 10.2. The van der Waals surface area contributed by atoms with Crippen LogP contribution in [0.1, 0.15) is 42.5 Å². The molecule has 0 aliphatic carbocycles. The molecule has 2 amide bonds. The number of hydrogen-bond donors (Lipinski definition) is 2. The lowest BCUT2D eigenvalue weighted by Gasteiger charge is -2.20. The molecule has 1 aliphatic rings. The zero-order valence-electron chi connectivity index (χ0n) is 19.9. The molecular weight excluding hydrogens is 554 g/mol. The molecule has 2 aromatic carbocycles. The number of amides is 2. The van der Waals surface area contributed by atoms with E-state index in [9.17, 15) is 18.0 Å². The number of carbonyl (C=O) groups is 2. The highest BCUT2D eigenvalue weighted by molar-refractivity contribution is 8.01. The van der Waals surface area contributed by atoms with Crippen LogP contribution in [0.5, 0.6) is 0 Å². The van der Waals surface area contributed by atoms with Gasteiger partial charge in [-0.05, 0) is 55.3 Å². The number of aromatic nitrogens is 2. The van der Waals surface area contributed by atoms with E-state index in [2.05, 4.69) is 20.8 Å². The van der Waals surface area contributed by atoms with Crippen molar-refractivity contribution in [3.63, 3.8) is 0 Å². The zero-order chi connectivity index (χ0) is 26.3. The van der Waals surface area contributed by atoms with Crippen LogP contribution >= 0.6 is 34.7 Å². The smallest absolute Gasteiger partial charge is 0.257 e. The maximum absolute atomic E-state index is 12.9. The molecule has 1 aromatic heterocycles. The molecule has 9 nitrogen and oxygen atoms in total. The number of thioether (sulfide) groups is 1. The van der Waals surface area contributed by atoms with Crippen LogP contribution in [-0.2, 0) is 14.8 Å². The predicted octanol–water partition coefficient (Wildman–Crippen LogP) is 5.13. The molecule has 0 saturated carbocycles. The first kappa shape index (κ1) is 27.5. The van der Waals surface area contributed by atoms with Crippen LogP contribution in [0.2, 0.25) is 5.02 Å². The van der Waals surface area contributed by atoms with Crippen molar-refractivity contribution in [2.75, 3.05) is 29.5 Å². The summed E-state index contributed by atoms with van der Waals surface area (Å²) in [5.74, 6) is -0.0662. The van der Waals surface area contributed by atoms with Gasteiger partial charge in [-0.15, -0.1) is 10.2 Å². The molecule has 0 radical (unpaired) electrons. The summed E-state index contributed by atoms with van der Waals surface area (Å²) in [5.41, 5.74) is 0.952. The van der Waals surface area contributed by atoms with Crippen molar-refractivity contribution in [1.82, 2.24) is 14.5 Å². The lowest BCUT2D eigenvalue weighted by molar-refractivity contribution is -0.115. The Balaban J connectivity index is 1.26. The van der Waals surface area contributed by atoms with Crippen molar-refractivity contribution < 1.29 is 18.0 Å². The Morgan fingerprint density at radius 1 is 1.00 bits per heavy atom. The van der Waals surface area contributed by atoms with E-state index in [0.717, 1.165) is 25.7 Å². The summed E-state index contributed by atoms with van der Waals surface area (Å²) in [4.78, 5) is 24.9. The maximum Gasteiger partial charge on any atom is 0.257 e. The lowest BCUT2D eigenvalue weighted by Crippen LogP contribution is -2.31. The zero-order valence-corrected chi connectivity index (χ0v) is 23.1. The molecule has 13 heteroatoms. The van der Waals surface area contributed by atoms with Crippen LogP contribution in [0.4, 0.5) is 10.8 Å². The second kappa shape index (κ2) is 12.8. The fraction of sp³-hybridized carbons (Fsp3) is 0.333. The van der Waals surface area contributed by atoms with E-state index in [-0.39, 0.29) is 17.2 Å². The third kappa shape index (κ3) is 7.74. The number of anilines is 2. The number of halogens is 1. The van der Waals surface area contributed by atoms with Gasteiger partial charge < -0.3 is 5.32 Å². The standard InChI is InChI=1S/C24H26ClN5O4S3/c25-18-6-5-7-19(16-18)26-21(31)12-15-35-24-29-28-23(36-24)27-22(32)17-8-10-20(11-9-17)37(33,34)30-13-3-1-2-4-14-30/h5-11,16H,1-4,12-15H2,(H,26,31)(H,27,28,32). The average Bonchev–Trinajstić information content (AvgIpc) is 3.12. The molecule has 4 rings (SSSR count). The summed E-state index contributed by atoms with van der Waals surface area (Å²) in [5, 5.41) is 14.4. The quantitative estimate of drug-likeness (QED) is 0.266. The molecule has 1 fully saturated rings. The van der Waals surface area contributed by atoms with Crippen LogP contribution in [0.3, 0.4) is 0 Å². The van der Waals surface area contributed by atoms with Gasteiger partial charge >= 0.3 is 0 Å². The molecule has 1 aliphatic heterocycles. The van der Waals surface area contributed by atoms with Gasteiger partial charge in [0, 0.05) is 41.5 Å². The number of hydrogen-bond acceptors (Lipinski definition) is 8. The Morgan fingerprint density at radius 3 is 2.43 bits per heavy atom. The first-order valence-electron chi connectivity index (χ1n) is 11.7. The summed E-state index contributed by atoms with van der Waals surface area (Å²) < 4.78 is 28.0. The van der Waals surface area contributed by atoms with Crippen LogP contribution in [0.25, 0.3) is 0 Å². The number of nitrogens with one attached hydrogen (secondary N) is 2. The normalized spacial score (nSPS) is 14.6. The van der Waals surface area contributed by atoms with Crippen LogP contribution in [0.15, 0.2) is 57.8 Å². The van der Waals surface area contributed by atoms with E-state index in [1.807, 2.05) is 0 Å². The topological polar surface area (TPSA) is 121 Å². The van der Waals surface area contributed by atoms with Gasteiger partial charge in [-0.1, -0.05) is 53.6 Å². The van der Waals surface area contributed by atoms with Crippen LogP contribution in [0, 0.1) is 0 Å². The van der Waals surface area contributed by atoms with Crippen molar-refractivity contribution in [1.29, 1.82) is 0 Å². The minimum atomic E-state index is -3.57. The Morgan fingerprint density at radius 2 is 1.73 bits per heavy atom. The summed E-state index contributed by atoms with van der Waals surface area (Å²) in [7, 11) is -3.57. The van der Waals surface area contributed by atoms with Gasteiger partial charge in [-0.3, -0.25) is 14.9 Å². The van der Waals surface area contributed by atoms with Gasteiger partial charge in [0.05, 0.1) is 4.90 Å². The maximum atomic E-state index is 12.9. The molecule has 0 atom stereocenters. The van der Waals surface area contributed by atoms with Crippen molar-refractivity contribution >= 4 is 67.4 Å².